The van der Waals surface area contributed by atoms with Gasteiger partial charge in [-0.2, -0.15) is 0 Å². The van der Waals surface area contributed by atoms with Gasteiger partial charge in [0.05, 0.1) is 16.7 Å². The average molecular weight is 319 g/mol. The van der Waals surface area contributed by atoms with E-state index in [0.717, 1.165) is 18.6 Å². The Morgan fingerprint density at radius 3 is 2.86 bits per heavy atom. The molecule has 2 aromatic rings. The molecule has 1 heterocycles. The monoisotopic (exact) mass is 318 g/mol. The number of halogens is 2. The van der Waals surface area contributed by atoms with Gasteiger partial charge in [0.1, 0.15) is 0 Å². The van der Waals surface area contributed by atoms with Crippen LogP contribution in [0.15, 0.2) is 36.4 Å². The van der Waals surface area contributed by atoms with Crippen LogP contribution in [-0.2, 0) is 17.7 Å². The van der Waals surface area contributed by atoms with Crippen molar-refractivity contribution in [3.05, 3.63) is 63.1 Å². The average Bonchev–Trinajstić information content (AvgIpc) is 2.83. The molecular formula is C17H17BCl2O. The molecule has 1 atom stereocenters. The van der Waals surface area contributed by atoms with Gasteiger partial charge in [0.2, 0.25) is 0 Å². The minimum atomic E-state index is 0.199. The van der Waals surface area contributed by atoms with Gasteiger partial charge in [0, 0.05) is 0 Å². The van der Waals surface area contributed by atoms with Crippen LogP contribution in [0, 0.1) is 0 Å². The van der Waals surface area contributed by atoms with Crippen LogP contribution in [0.25, 0.3) is 0 Å². The van der Waals surface area contributed by atoms with Crippen molar-refractivity contribution in [2.24, 2.45) is 0 Å². The van der Waals surface area contributed by atoms with Crippen molar-refractivity contribution in [2.45, 2.75) is 32.7 Å². The van der Waals surface area contributed by atoms with Gasteiger partial charge < -0.3 is 4.65 Å². The molecular weight excluding hydrogens is 302 g/mol. The van der Waals surface area contributed by atoms with Crippen LogP contribution in [0.1, 0.15) is 29.5 Å². The first-order valence-electron chi connectivity index (χ1n) is 7.23. The number of hydrogen-bond acceptors (Lipinski definition) is 1. The summed E-state index contributed by atoms with van der Waals surface area (Å²) in [4.78, 5) is 0. The van der Waals surface area contributed by atoms with Crippen LogP contribution in [0.4, 0.5) is 0 Å². The molecule has 0 aliphatic carbocycles. The third kappa shape index (κ3) is 2.99. The lowest BCUT2D eigenvalue weighted by Crippen LogP contribution is -2.24. The van der Waals surface area contributed by atoms with Crippen LogP contribution < -0.4 is 5.46 Å². The Bertz CT molecular complexity index is 672. The highest BCUT2D eigenvalue weighted by Crippen LogP contribution is 2.32. The Balaban J connectivity index is 1.83. The molecule has 0 bridgehead atoms. The van der Waals surface area contributed by atoms with Crippen molar-refractivity contribution >= 4 is 35.6 Å². The first-order chi connectivity index (χ1) is 10.1. The smallest absolute Gasteiger partial charge is 0.324 e. The predicted molar refractivity (Wildman–Crippen MR) is 91.1 cm³/mol. The standard InChI is InChI=1S/C17H17BCl2O/c1-11(14-4-3-5-16(19)17(14)20)8-12-6-7-13-10-21-18(2)15(13)9-12/h3-7,9,11H,8,10H2,1-2H3. The maximum atomic E-state index is 6.32. The highest BCUT2D eigenvalue weighted by atomic mass is 35.5. The summed E-state index contributed by atoms with van der Waals surface area (Å²) in [6.07, 6.45) is 0.945. The normalized spacial score (nSPS) is 15.1. The molecule has 3 rings (SSSR count). The lowest BCUT2D eigenvalue weighted by molar-refractivity contribution is 0.333. The van der Waals surface area contributed by atoms with E-state index in [1.165, 1.54) is 16.6 Å². The summed E-state index contributed by atoms with van der Waals surface area (Å²) >= 11 is 12.4. The SMILES string of the molecule is CB1OCc2ccc(CC(C)c3cccc(Cl)c3Cl)cc21. The quantitative estimate of drug-likeness (QED) is 0.745. The van der Waals surface area contributed by atoms with E-state index in [-0.39, 0.29) is 6.92 Å². The molecule has 21 heavy (non-hydrogen) atoms. The topological polar surface area (TPSA) is 9.23 Å². The summed E-state index contributed by atoms with van der Waals surface area (Å²) in [6, 6.07) is 12.5. The van der Waals surface area contributed by atoms with E-state index in [4.69, 9.17) is 27.9 Å². The Hall–Kier alpha value is -0.955. The highest BCUT2D eigenvalue weighted by Gasteiger charge is 2.23. The third-order valence-electron chi connectivity index (χ3n) is 4.19. The first-order valence-corrected chi connectivity index (χ1v) is 7.99. The predicted octanol–water partition coefficient (Wildman–Crippen LogP) is 4.70. The largest absolute Gasteiger partial charge is 0.427 e. The second kappa shape index (κ2) is 6.04. The summed E-state index contributed by atoms with van der Waals surface area (Å²) in [5, 5.41) is 1.29. The highest BCUT2D eigenvalue weighted by molar-refractivity contribution is 6.67. The molecule has 0 saturated heterocycles. The zero-order valence-corrected chi connectivity index (χ0v) is 13.7. The van der Waals surface area contributed by atoms with E-state index < -0.39 is 0 Å². The van der Waals surface area contributed by atoms with Crippen molar-refractivity contribution in [1.29, 1.82) is 0 Å². The Kier molecular flexibility index (Phi) is 4.30. The molecule has 2 aromatic carbocycles. The Morgan fingerprint density at radius 1 is 1.24 bits per heavy atom. The fourth-order valence-corrected chi connectivity index (χ4v) is 3.44. The second-order valence-electron chi connectivity index (χ2n) is 5.73. The molecule has 0 N–H and O–H groups in total. The van der Waals surface area contributed by atoms with Gasteiger partial charge in [-0.1, -0.05) is 67.3 Å². The molecule has 1 aliphatic rings. The molecule has 1 nitrogen and oxygen atoms in total. The van der Waals surface area contributed by atoms with Crippen LogP contribution in [0.5, 0.6) is 0 Å². The van der Waals surface area contributed by atoms with Gasteiger partial charge in [0.15, 0.2) is 0 Å². The molecule has 0 fully saturated rings. The third-order valence-corrected chi connectivity index (χ3v) is 5.02. The number of benzene rings is 2. The molecule has 0 spiro atoms. The molecule has 0 saturated carbocycles. The van der Waals surface area contributed by atoms with Crippen LogP contribution in [0.2, 0.25) is 16.9 Å². The first kappa shape index (κ1) is 15.0. The molecule has 1 unspecified atom stereocenters. The van der Waals surface area contributed by atoms with Gasteiger partial charge >= 0.3 is 6.92 Å². The Labute approximate surface area is 136 Å². The fraction of sp³-hybridized carbons (Fsp3) is 0.294. The Morgan fingerprint density at radius 2 is 2.05 bits per heavy atom. The van der Waals surface area contributed by atoms with Gasteiger partial charge in [0.25, 0.3) is 0 Å². The van der Waals surface area contributed by atoms with Gasteiger partial charge in [-0.25, -0.2) is 0 Å². The minimum Gasteiger partial charge on any atom is -0.427 e. The van der Waals surface area contributed by atoms with Crippen LogP contribution >= 0.6 is 23.2 Å². The summed E-state index contributed by atoms with van der Waals surface area (Å²) in [7, 11) is 0. The fourth-order valence-electron chi connectivity index (χ4n) is 2.95. The van der Waals surface area contributed by atoms with E-state index in [1.807, 2.05) is 12.1 Å². The second-order valence-corrected chi connectivity index (χ2v) is 6.52. The van der Waals surface area contributed by atoms with Crippen LogP contribution in [-0.4, -0.2) is 6.92 Å². The number of hydrogen-bond donors (Lipinski definition) is 0. The van der Waals surface area contributed by atoms with Crippen molar-refractivity contribution < 1.29 is 4.65 Å². The van der Waals surface area contributed by atoms with Gasteiger partial charge in [-0.3, -0.25) is 0 Å². The lowest BCUT2D eigenvalue weighted by atomic mass is 9.64. The van der Waals surface area contributed by atoms with Crippen molar-refractivity contribution in [3.8, 4) is 0 Å². The molecule has 0 radical (unpaired) electrons. The summed E-state index contributed by atoms with van der Waals surface area (Å²) in [5.41, 5.74) is 5.04. The van der Waals surface area contributed by atoms with Crippen molar-refractivity contribution in [2.75, 3.05) is 0 Å². The maximum absolute atomic E-state index is 6.32. The number of rotatable bonds is 3. The zero-order chi connectivity index (χ0) is 15.0. The van der Waals surface area contributed by atoms with E-state index >= 15 is 0 Å². The molecule has 0 amide bonds. The van der Waals surface area contributed by atoms with E-state index in [0.29, 0.717) is 16.0 Å². The summed E-state index contributed by atoms with van der Waals surface area (Å²) in [5.74, 6) is 0.326. The zero-order valence-electron chi connectivity index (χ0n) is 12.2. The summed E-state index contributed by atoms with van der Waals surface area (Å²) < 4.78 is 5.66. The minimum absolute atomic E-state index is 0.199. The van der Waals surface area contributed by atoms with Gasteiger partial charge in [-0.05, 0) is 40.6 Å². The van der Waals surface area contributed by atoms with E-state index in [9.17, 15) is 0 Å². The van der Waals surface area contributed by atoms with Crippen molar-refractivity contribution in [3.63, 3.8) is 0 Å². The summed E-state index contributed by atoms with van der Waals surface area (Å²) in [6.45, 7) is 5.22. The molecule has 108 valence electrons. The lowest BCUT2D eigenvalue weighted by Gasteiger charge is -2.15. The maximum Gasteiger partial charge on any atom is 0.324 e. The van der Waals surface area contributed by atoms with Crippen LogP contribution in [0.3, 0.4) is 0 Å². The number of fused-ring (bicyclic) bond motifs is 1. The van der Waals surface area contributed by atoms with E-state index in [1.54, 1.807) is 0 Å². The molecule has 4 heteroatoms. The van der Waals surface area contributed by atoms with Crippen molar-refractivity contribution in [1.82, 2.24) is 0 Å². The molecule has 1 aliphatic heterocycles. The van der Waals surface area contributed by atoms with E-state index in [2.05, 4.69) is 38.0 Å². The van der Waals surface area contributed by atoms with Gasteiger partial charge in [-0.15, -0.1) is 0 Å². The molecule has 0 aromatic heterocycles.